The van der Waals surface area contributed by atoms with Gasteiger partial charge < -0.3 is 14.8 Å². The van der Waals surface area contributed by atoms with Gasteiger partial charge in [-0.3, -0.25) is 14.3 Å². The van der Waals surface area contributed by atoms with Crippen LogP contribution in [0.1, 0.15) is 22.5 Å². The van der Waals surface area contributed by atoms with E-state index >= 15 is 0 Å². The number of carbonyl (C=O) groups excluding carboxylic acids is 2. The molecule has 1 aromatic heterocycles. The van der Waals surface area contributed by atoms with Crippen LogP contribution in [0.3, 0.4) is 0 Å². The van der Waals surface area contributed by atoms with Gasteiger partial charge >= 0.3 is 0 Å². The molecule has 1 aliphatic rings. The van der Waals surface area contributed by atoms with Gasteiger partial charge in [-0.1, -0.05) is 30.0 Å². The van der Waals surface area contributed by atoms with E-state index in [0.29, 0.717) is 26.4 Å². The number of nitrogens with zero attached hydrogens (tertiary/aromatic N) is 2. The van der Waals surface area contributed by atoms with Gasteiger partial charge in [-0.05, 0) is 86.6 Å². The van der Waals surface area contributed by atoms with Gasteiger partial charge in [0.2, 0.25) is 0 Å². The fraction of sp³-hybridized carbons (Fsp3) is 0.192. The number of carbonyl (C=O) groups is 2. The van der Waals surface area contributed by atoms with Crippen molar-refractivity contribution in [1.29, 1.82) is 0 Å². The summed E-state index contributed by atoms with van der Waals surface area (Å²) >= 11 is 6.73. The van der Waals surface area contributed by atoms with E-state index < -0.39 is 0 Å². The molecule has 2 aromatic carbocycles. The van der Waals surface area contributed by atoms with Crippen LogP contribution in [0.15, 0.2) is 59.5 Å². The van der Waals surface area contributed by atoms with Gasteiger partial charge in [-0.15, -0.1) is 0 Å². The van der Waals surface area contributed by atoms with Gasteiger partial charge in [-0.2, -0.15) is 5.01 Å². The Labute approximate surface area is 213 Å². The number of hydrogen-bond donors (Lipinski definition) is 1. The molecule has 0 spiro atoms. The zero-order valence-corrected chi connectivity index (χ0v) is 21.5. The highest BCUT2D eigenvalue weighted by Gasteiger charge is 2.34. The fourth-order valence-electron chi connectivity index (χ4n) is 3.72. The summed E-state index contributed by atoms with van der Waals surface area (Å²) in [6, 6.07) is 16.7. The predicted molar refractivity (Wildman–Crippen MR) is 144 cm³/mol. The number of amides is 2. The average molecular weight is 508 g/mol. The van der Waals surface area contributed by atoms with Crippen LogP contribution in [0.4, 0.5) is 5.69 Å². The predicted octanol–water partition coefficient (Wildman–Crippen LogP) is 4.98. The number of thiocarbonyl (C=S) groups is 1. The maximum atomic E-state index is 13.1. The van der Waals surface area contributed by atoms with Gasteiger partial charge in [0.1, 0.15) is 0 Å². The van der Waals surface area contributed by atoms with Crippen LogP contribution in [-0.2, 0) is 9.59 Å². The number of aryl methyl sites for hydroxylation is 3. The minimum Gasteiger partial charge on any atom is -0.493 e. The van der Waals surface area contributed by atoms with Crippen LogP contribution in [0.25, 0.3) is 6.08 Å². The van der Waals surface area contributed by atoms with Crippen molar-refractivity contribution < 1.29 is 19.1 Å². The Kier molecular flexibility index (Phi) is 7.28. The number of nitrogens with one attached hydrogen (secondary N) is 1. The van der Waals surface area contributed by atoms with Crippen molar-refractivity contribution in [3.05, 3.63) is 82.0 Å². The summed E-state index contributed by atoms with van der Waals surface area (Å²) in [5.74, 6) is 0.417. The molecular formula is C26H25N3O4S2. The Bertz CT molecular complexity index is 1330. The highest BCUT2D eigenvalue weighted by molar-refractivity contribution is 8.27. The lowest BCUT2D eigenvalue weighted by atomic mass is 10.2. The second-order valence-electron chi connectivity index (χ2n) is 8.04. The molecule has 1 saturated heterocycles. The van der Waals surface area contributed by atoms with Gasteiger partial charge in [0.25, 0.3) is 11.8 Å². The largest absolute Gasteiger partial charge is 0.493 e. The molecule has 3 aromatic rings. The zero-order valence-electron chi connectivity index (χ0n) is 19.8. The van der Waals surface area contributed by atoms with Crippen molar-refractivity contribution in [3.63, 3.8) is 0 Å². The monoisotopic (exact) mass is 507 g/mol. The van der Waals surface area contributed by atoms with Crippen LogP contribution < -0.4 is 19.8 Å². The first-order chi connectivity index (χ1) is 16.8. The topological polar surface area (TPSA) is 72.8 Å². The Hall–Kier alpha value is -3.56. The number of hydrogen-bond acceptors (Lipinski definition) is 6. The molecule has 2 amide bonds. The molecule has 1 aliphatic heterocycles. The molecule has 0 unspecified atom stereocenters. The maximum absolute atomic E-state index is 13.1. The van der Waals surface area contributed by atoms with Crippen molar-refractivity contribution in [2.75, 3.05) is 24.0 Å². The first-order valence-electron chi connectivity index (χ1n) is 10.9. The third-order valence-corrected chi connectivity index (χ3v) is 6.64. The van der Waals surface area contributed by atoms with Crippen LogP contribution in [0.5, 0.6) is 11.5 Å². The molecule has 9 heteroatoms. The molecule has 7 nitrogen and oxygen atoms in total. The quantitative estimate of drug-likeness (QED) is 0.359. The summed E-state index contributed by atoms with van der Waals surface area (Å²) in [6.07, 6.45) is 1.77. The third kappa shape index (κ3) is 5.41. The minimum atomic E-state index is -0.277. The molecule has 4 rings (SSSR count). The van der Waals surface area contributed by atoms with Crippen molar-refractivity contribution in [3.8, 4) is 11.5 Å². The van der Waals surface area contributed by atoms with Crippen molar-refractivity contribution in [2.24, 2.45) is 0 Å². The fourth-order valence-corrected chi connectivity index (χ4v) is 4.96. The molecular weight excluding hydrogens is 482 g/mol. The first-order valence-corrected chi connectivity index (χ1v) is 12.1. The molecule has 1 N–H and O–H groups in total. The number of aromatic nitrogens is 1. The lowest BCUT2D eigenvalue weighted by Crippen LogP contribution is -2.39. The molecule has 1 fully saturated rings. The molecule has 180 valence electrons. The van der Waals surface area contributed by atoms with E-state index in [1.54, 1.807) is 24.3 Å². The number of rotatable bonds is 7. The maximum Gasteiger partial charge on any atom is 0.285 e. The minimum absolute atomic E-state index is 0.169. The zero-order chi connectivity index (χ0) is 25.1. The number of benzene rings is 2. The van der Waals surface area contributed by atoms with E-state index in [2.05, 4.69) is 5.32 Å². The Morgan fingerprint density at radius 2 is 1.80 bits per heavy atom. The van der Waals surface area contributed by atoms with Crippen molar-refractivity contribution in [2.45, 2.75) is 20.8 Å². The normalized spacial score (nSPS) is 14.5. The summed E-state index contributed by atoms with van der Waals surface area (Å²) in [5.41, 5.74) is 4.37. The molecule has 0 aliphatic carbocycles. The van der Waals surface area contributed by atoms with Crippen molar-refractivity contribution in [1.82, 2.24) is 4.68 Å². The van der Waals surface area contributed by atoms with Gasteiger partial charge in [0.05, 0.1) is 12.0 Å². The van der Waals surface area contributed by atoms with Gasteiger partial charge in [0.15, 0.2) is 22.4 Å². The summed E-state index contributed by atoms with van der Waals surface area (Å²) in [5, 5.41) is 4.32. The highest BCUT2D eigenvalue weighted by atomic mass is 32.2. The smallest absolute Gasteiger partial charge is 0.285 e. The molecule has 2 heterocycles. The molecule has 0 bridgehead atoms. The average Bonchev–Trinajstić information content (AvgIpc) is 3.29. The number of thioether (sulfide) groups is 1. The Balaban J connectivity index is 1.47. The van der Waals surface area contributed by atoms with Crippen molar-refractivity contribution >= 4 is 51.9 Å². The van der Waals surface area contributed by atoms with E-state index in [0.717, 1.165) is 22.5 Å². The van der Waals surface area contributed by atoms with Crippen LogP contribution in [0, 0.1) is 20.8 Å². The van der Waals surface area contributed by atoms with E-state index in [1.807, 2.05) is 61.8 Å². The molecule has 0 radical (unpaired) electrons. The second-order valence-corrected chi connectivity index (χ2v) is 9.71. The number of anilines is 1. The van der Waals surface area contributed by atoms with Gasteiger partial charge in [-0.25, -0.2) is 0 Å². The molecule has 0 saturated carbocycles. The third-order valence-electron chi connectivity index (χ3n) is 5.35. The second kappa shape index (κ2) is 10.4. The first kappa shape index (κ1) is 24.6. The van der Waals surface area contributed by atoms with E-state index in [4.69, 9.17) is 21.7 Å². The molecule has 0 atom stereocenters. The van der Waals surface area contributed by atoms with Crippen LogP contribution >= 0.6 is 24.0 Å². The van der Waals surface area contributed by atoms with Crippen LogP contribution in [-0.4, -0.2) is 34.5 Å². The van der Waals surface area contributed by atoms with E-state index in [9.17, 15) is 9.59 Å². The molecule has 35 heavy (non-hydrogen) atoms. The van der Waals surface area contributed by atoms with E-state index in [1.165, 1.54) is 23.9 Å². The Morgan fingerprint density at radius 3 is 2.49 bits per heavy atom. The van der Waals surface area contributed by atoms with Gasteiger partial charge in [0, 0.05) is 17.1 Å². The highest BCUT2D eigenvalue weighted by Crippen LogP contribution is 2.35. The Morgan fingerprint density at radius 1 is 1.06 bits per heavy atom. The lowest BCUT2D eigenvalue weighted by molar-refractivity contribution is -0.118. The summed E-state index contributed by atoms with van der Waals surface area (Å²) in [6.45, 7) is 5.65. The van der Waals surface area contributed by atoms with Crippen LogP contribution in [0.2, 0.25) is 0 Å². The summed E-state index contributed by atoms with van der Waals surface area (Å²) < 4.78 is 13.4. The number of methoxy groups -OCH3 is 1. The summed E-state index contributed by atoms with van der Waals surface area (Å²) in [4.78, 5) is 25.9. The lowest BCUT2D eigenvalue weighted by Gasteiger charge is -2.20. The SMILES string of the molecule is COc1cc(C=C2SC(=S)N(n3c(C)ccc3C)C2=O)ccc1OCC(=O)Nc1cccc(C)c1. The standard InChI is InChI=1S/C26H25N3O4S2/c1-16-6-5-7-20(12-16)27-24(30)15-33-21-11-10-19(13-22(21)32-4)14-23-25(31)29(26(34)35-23)28-17(2)8-9-18(28)3/h5-14H,15H2,1-4H3,(H,27,30). The summed E-state index contributed by atoms with van der Waals surface area (Å²) in [7, 11) is 1.52. The van der Waals surface area contributed by atoms with E-state index in [-0.39, 0.29) is 18.4 Å². The number of ether oxygens (including phenoxy) is 2.